The number of anilines is 2. The minimum atomic E-state index is -0.540. The summed E-state index contributed by atoms with van der Waals surface area (Å²) in [4.78, 5) is 28.4. The van der Waals surface area contributed by atoms with Gasteiger partial charge in [0, 0.05) is 17.0 Å². The first kappa shape index (κ1) is 17.8. The summed E-state index contributed by atoms with van der Waals surface area (Å²) in [5, 5.41) is 7.65. The zero-order valence-electron chi connectivity index (χ0n) is 13.4. The van der Waals surface area contributed by atoms with Crippen molar-refractivity contribution in [3.63, 3.8) is 0 Å². The third kappa shape index (κ3) is 4.76. The molecule has 1 fully saturated rings. The fourth-order valence-corrected chi connectivity index (χ4v) is 3.68. The molecule has 8 heteroatoms. The van der Waals surface area contributed by atoms with Gasteiger partial charge in [-0.05, 0) is 31.0 Å². The molecule has 25 heavy (non-hydrogen) atoms. The lowest BCUT2D eigenvalue weighted by Gasteiger charge is -2.07. The van der Waals surface area contributed by atoms with Gasteiger partial charge in [0.1, 0.15) is 5.82 Å². The standard InChI is InChI=1S/C17H17ClFN3O2S/c18-13-7-11(5-6-14(13)19)20-15(23)8-12-9-25-17(21-12)22-16(24)10-3-1-2-4-10/h5-7,9-10H,1-4,8H2,(H,20,23)(H,21,22,24). The van der Waals surface area contributed by atoms with Crippen molar-refractivity contribution >= 4 is 45.6 Å². The number of nitrogens with zero attached hydrogens (tertiary/aromatic N) is 1. The molecule has 0 atom stereocenters. The molecule has 0 bridgehead atoms. The van der Waals surface area contributed by atoms with Crippen molar-refractivity contribution in [1.82, 2.24) is 4.98 Å². The molecule has 1 heterocycles. The number of aromatic nitrogens is 1. The maximum absolute atomic E-state index is 13.1. The first-order chi connectivity index (χ1) is 12.0. The Balaban J connectivity index is 1.54. The Hall–Kier alpha value is -1.99. The second-order valence-corrected chi connectivity index (χ2v) is 7.23. The topological polar surface area (TPSA) is 71.1 Å². The van der Waals surface area contributed by atoms with Crippen LogP contribution < -0.4 is 10.6 Å². The van der Waals surface area contributed by atoms with Crippen LogP contribution in [0, 0.1) is 11.7 Å². The molecule has 2 aromatic rings. The van der Waals surface area contributed by atoms with Crippen molar-refractivity contribution in [3.05, 3.63) is 40.1 Å². The lowest BCUT2D eigenvalue weighted by Crippen LogP contribution is -2.20. The Bertz CT molecular complexity index is 790. The molecule has 0 aliphatic heterocycles. The molecule has 0 saturated heterocycles. The van der Waals surface area contributed by atoms with Crippen LogP contribution in [0.3, 0.4) is 0 Å². The van der Waals surface area contributed by atoms with Crippen molar-refractivity contribution in [2.45, 2.75) is 32.1 Å². The number of halogens is 2. The predicted octanol–water partition coefficient (Wildman–Crippen LogP) is 4.25. The van der Waals surface area contributed by atoms with Gasteiger partial charge in [0.05, 0.1) is 17.1 Å². The Morgan fingerprint density at radius 3 is 2.76 bits per heavy atom. The van der Waals surface area contributed by atoms with Gasteiger partial charge in [-0.25, -0.2) is 9.37 Å². The minimum Gasteiger partial charge on any atom is -0.326 e. The number of thiazole rings is 1. The predicted molar refractivity (Wildman–Crippen MR) is 96.4 cm³/mol. The fraction of sp³-hybridized carbons (Fsp3) is 0.353. The van der Waals surface area contributed by atoms with E-state index in [-0.39, 0.29) is 29.2 Å². The van der Waals surface area contributed by atoms with Gasteiger partial charge in [-0.2, -0.15) is 0 Å². The Morgan fingerprint density at radius 1 is 1.28 bits per heavy atom. The van der Waals surface area contributed by atoms with Crippen LogP contribution in [0.2, 0.25) is 5.02 Å². The van der Waals surface area contributed by atoms with Gasteiger partial charge >= 0.3 is 0 Å². The number of amides is 2. The highest BCUT2D eigenvalue weighted by Gasteiger charge is 2.23. The normalized spacial score (nSPS) is 14.5. The second kappa shape index (κ2) is 7.93. The largest absolute Gasteiger partial charge is 0.326 e. The van der Waals surface area contributed by atoms with Gasteiger partial charge in [0.25, 0.3) is 0 Å². The molecule has 0 unspecified atom stereocenters. The van der Waals surface area contributed by atoms with Crippen molar-refractivity contribution in [2.24, 2.45) is 5.92 Å². The number of carbonyl (C=O) groups excluding carboxylic acids is 2. The molecule has 1 aromatic carbocycles. The molecule has 5 nitrogen and oxygen atoms in total. The van der Waals surface area contributed by atoms with Crippen LogP contribution in [-0.4, -0.2) is 16.8 Å². The van der Waals surface area contributed by atoms with E-state index in [1.54, 1.807) is 5.38 Å². The third-order valence-electron chi connectivity index (χ3n) is 4.05. The first-order valence-corrected chi connectivity index (χ1v) is 9.27. The summed E-state index contributed by atoms with van der Waals surface area (Å²) in [5.74, 6) is -0.758. The molecule has 0 radical (unpaired) electrons. The number of hydrogen-bond acceptors (Lipinski definition) is 4. The third-order valence-corrected chi connectivity index (χ3v) is 5.15. The van der Waals surface area contributed by atoms with Crippen molar-refractivity contribution in [3.8, 4) is 0 Å². The number of benzene rings is 1. The van der Waals surface area contributed by atoms with E-state index >= 15 is 0 Å². The van der Waals surface area contributed by atoms with Crippen LogP contribution in [0.1, 0.15) is 31.4 Å². The highest BCUT2D eigenvalue weighted by Crippen LogP contribution is 2.27. The zero-order chi connectivity index (χ0) is 17.8. The van der Waals surface area contributed by atoms with E-state index in [2.05, 4.69) is 15.6 Å². The maximum Gasteiger partial charge on any atom is 0.230 e. The van der Waals surface area contributed by atoms with Crippen molar-refractivity contribution < 1.29 is 14.0 Å². The number of nitrogens with one attached hydrogen (secondary N) is 2. The molecular weight excluding hydrogens is 365 g/mol. The van der Waals surface area contributed by atoms with E-state index in [1.807, 2.05) is 0 Å². The molecule has 1 saturated carbocycles. The Kier molecular flexibility index (Phi) is 5.65. The summed E-state index contributed by atoms with van der Waals surface area (Å²) < 4.78 is 13.1. The van der Waals surface area contributed by atoms with Gasteiger partial charge in [-0.15, -0.1) is 11.3 Å². The van der Waals surface area contributed by atoms with Gasteiger partial charge in [0.15, 0.2) is 5.13 Å². The van der Waals surface area contributed by atoms with Crippen molar-refractivity contribution in [1.29, 1.82) is 0 Å². The Labute approximate surface area is 153 Å². The van der Waals surface area contributed by atoms with E-state index in [0.29, 0.717) is 16.5 Å². The fourth-order valence-electron chi connectivity index (χ4n) is 2.78. The highest BCUT2D eigenvalue weighted by atomic mass is 35.5. The summed E-state index contributed by atoms with van der Waals surface area (Å²) in [5.41, 5.74) is 0.985. The molecule has 0 spiro atoms. The van der Waals surface area contributed by atoms with E-state index in [4.69, 9.17) is 11.6 Å². The van der Waals surface area contributed by atoms with E-state index in [1.165, 1.54) is 29.5 Å². The van der Waals surface area contributed by atoms with E-state index in [9.17, 15) is 14.0 Å². The highest BCUT2D eigenvalue weighted by molar-refractivity contribution is 7.13. The summed E-state index contributed by atoms with van der Waals surface area (Å²) >= 11 is 6.98. The number of rotatable bonds is 5. The van der Waals surface area contributed by atoms with Gasteiger partial charge in [0.2, 0.25) is 11.8 Å². The number of carbonyl (C=O) groups is 2. The molecule has 132 valence electrons. The summed E-state index contributed by atoms with van der Waals surface area (Å²) in [6.07, 6.45) is 4.09. The van der Waals surface area contributed by atoms with E-state index < -0.39 is 5.82 Å². The van der Waals surface area contributed by atoms with Crippen LogP contribution in [0.5, 0.6) is 0 Å². The molecule has 3 rings (SSSR count). The monoisotopic (exact) mass is 381 g/mol. The SMILES string of the molecule is O=C(Cc1csc(NC(=O)C2CCCC2)n1)Nc1ccc(F)c(Cl)c1. The average Bonchev–Trinajstić information content (AvgIpc) is 3.23. The summed E-state index contributed by atoms with van der Waals surface area (Å²) in [6.45, 7) is 0. The van der Waals surface area contributed by atoms with Crippen molar-refractivity contribution in [2.75, 3.05) is 10.6 Å². The minimum absolute atomic E-state index is 0.00352. The summed E-state index contributed by atoms with van der Waals surface area (Å²) in [6, 6.07) is 3.98. The first-order valence-electron chi connectivity index (χ1n) is 8.01. The maximum atomic E-state index is 13.1. The lowest BCUT2D eigenvalue weighted by atomic mass is 10.1. The molecule has 2 amide bonds. The quantitative estimate of drug-likeness (QED) is 0.813. The molecular formula is C17H17ClFN3O2S. The zero-order valence-corrected chi connectivity index (χ0v) is 14.9. The van der Waals surface area contributed by atoms with Crippen LogP contribution in [0.15, 0.2) is 23.6 Å². The second-order valence-electron chi connectivity index (χ2n) is 5.97. The Morgan fingerprint density at radius 2 is 2.04 bits per heavy atom. The van der Waals surface area contributed by atoms with Crippen LogP contribution in [0.25, 0.3) is 0 Å². The molecule has 1 aromatic heterocycles. The van der Waals surface area contributed by atoms with Gasteiger partial charge < -0.3 is 10.6 Å². The lowest BCUT2D eigenvalue weighted by molar-refractivity contribution is -0.119. The van der Waals surface area contributed by atoms with E-state index in [0.717, 1.165) is 25.7 Å². The summed E-state index contributed by atoms with van der Waals surface area (Å²) in [7, 11) is 0. The molecule has 1 aliphatic carbocycles. The average molecular weight is 382 g/mol. The van der Waals surface area contributed by atoms with Gasteiger partial charge in [-0.3, -0.25) is 9.59 Å². The van der Waals surface area contributed by atoms with Crippen LogP contribution in [0.4, 0.5) is 15.2 Å². The van der Waals surface area contributed by atoms with Crippen LogP contribution >= 0.6 is 22.9 Å². The smallest absolute Gasteiger partial charge is 0.230 e. The number of hydrogen-bond donors (Lipinski definition) is 2. The van der Waals surface area contributed by atoms with Gasteiger partial charge in [-0.1, -0.05) is 24.4 Å². The molecule has 2 N–H and O–H groups in total. The molecule has 1 aliphatic rings. The van der Waals surface area contributed by atoms with Crippen LogP contribution in [-0.2, 0) is 16.0 Å².